The summed E-state index contributed by atoms with van der Waals surface area (Å²) < 4.78 is 2.16. The highest BCUT2D eigenvalue weighted by molar-refractivity contribution is 9.10. The van der Waals surface area contributed by atoms with Crippen molar-refractivity contribution >= 4 is 33.2 Å². The summed E-state index contributed by atoms with van der Waals surface area (Å²) in [4.78, 5) is 16.7. The number of nitriles is 1. The SMILES string of the molecule is Cc1c(C(=O)Nc2cccc(C#N)c2Br)cnc2ccnn12. The van der Waals surface area contributed by atoms with Crippen LogP contribution >= 0.6 is 15.9 Å². The maximum Gasteiger partial charge on any atom is 0.259 e. The molecule has 0 unspecified atom stereocenters. The van der Waals surface area contributed by atoms with Gasteiger partial charge in [-0.05, 0) is 35.0 Å². The normalized spacial score (nSPS) is 10.4. The molecule has 0 bridgehead atoms. The van der Waals surface area contributed by atoms with E-state index >= 15 is 0 Å². The zero-order chi connectivity index (χ0) is 15.7. The van der Waals surface area contributed by atoms with Crippen molar-refractivity contribution in [3.8, 4) is 6.07 Å². The van der Waals surface area contributed by atoms with Gasteiger partial charge in [-0.25, -0.2) is 9.50 Å². The van der Waals surface area contributed by atoms with E-state index in [2.05, 4.69) is 37.4 Å². The lowest BCUT2D eigenvalue weighted by molar-refractivity contribution is 0.102. The zero-order valence-electron chi connectivity index (χ0n) is 11.5. The Balaban J connectivity index is 1.97. The minimum atomic E-state index is -0.307. The fourth-order valence-corrected chi connectivity index (χ4v) is 2.57. The van der Waals surface area contributed by atoms with E-state index in [1.54, 1.807) is 41.9 Å². The number of aryl methyl sites for hydroxylation is 1. The van der Waals surface area contributed by atoms with Gasteiger partial charge < -0.3 is 5.32 Å². The summed E-state index contributed by atoms with van der Waals surface area (Å²) in [6.07, 6.45) is 3.15. The van der Waals surface area contributed by atoms with Gasteiger partial charge in [0.2, 0.25) is 0 Å². The van der Waals surface area contributed by atoms with E-state index in [0.717, 1.165) is 0 Å². The van der Waals surface area contributed by atoms with E-state index in [1.807, 2.05) is 0 Å². The molecule has 1 N–H and O–H groups in total. The first-order chi connectivity index (χ1) is 10.6. The van der Waals surface area contributed by atoms with Crippen LogP contribution in [0.1, 0.15) is 21.6 Å². The third-order valence-corrected chi connectivity index (χ3v) is 4.12. The molecule has 22 heavy (non-hydrogen) atoms. The maximum absolute atomic E-state index is 12.5. The van der Waals surface area contributed by atoms with Crippen LogP contribution in [0, 0.1) is 18.3 Å². The van der Waals surface area contributed by atoms with E-state index in [1.165, 1.54) is 6.20 Å². The van der Waals surface area contributed by atoms with Gasteiger partial charge >= 0.3 is 0 Å². The van der Waals surface area contributed by atoms with Crippen molar-refractivity contribution in [3.63, 3.8) is 0 Å². The predicted molar refractivity (Wildman–Crippen MR) is 84.5 cm³/mol. The first-order valence-corrected chi connectivity index (χ1v) is 7.20. The Kier molecular flexibility index (Phi) is 3.61. The molecule has 3 aromatic rings. The van der Waals surface area contributed by atoms with Gasteiger partial charge in [0.15, 0.2) is 5.65 Å². The number of carbonyl (C=O) groups excluding carboxylic acids is 1. The molecule has 7 heteroatoms. The summed E-state index contributed by atoms with van der Waals surface area (Å²) in [5, 5.41) is 15.9. The smallest absolute Gasteiger partial charge is 0.259 e. The summed E-state index contributed by atoms with van der Waals surface area (Å²) >= 11 is 3.32. The van der Waals surface area contributed by atoms with Crippen molar-refractivity contribution < 1.29 is 4.79 Å². The van der Waals surface area contributed by atoms with Crippen molar-refractivity contribution in [2.75, 3.05) is 5.32 Å². The van der Waals surface area contributed by atoms with E-state index in [0.29, 0.717) is 32.6 Å². The van der Waals surface area contributed by atoms with Crippen LogP contribution in [0.15, 0.2) is 41.1 Å². The van der Waals surface area contributed by atoms with Crippen LogP contribution in [0.3, 0.4) is 0 Å². The molecule has 108 valence electrons. The van der Waals surface area contributed by atoms with Crippen LogP contribution in [0.4, 0.5) is 5.69 Å². The molecule has 0 aliphatic heterocycles. The first-order valence-electron chi connectivity index (χ1n) is 6.41. The Morgan fingerprint density at radius 2 is 2.23 bits per heavy atom. The third-order valence-electron chi connectivity index (χ3n) is 3.27. The fourth-order valence-electron chi connectivity index (χ4n) is 2.12. The van der Waals surface area contributed by atoms with Crippen molar-refractivity contribution in [3.05, 3.63) is 58.0 Å². The summed E-state index contributed by atoms with van der Waals surface area (Å²) in [6, 6.07) is 8.92. The summed E-state index contributed by atoms with van der Waals surface area (Å²) in [5.74, 6) is -0.307. The Morgan fingerprint density at radius 1 is 1.41 bits per heavy atom. The van der Waals surface area contributed by atoms with Crippen LogP contribution in [0.2, 0.25) is 0 Å². The number of nitrogens with zero attached hydrogens (tertiary/aromatic N) is 4. The Hall–Kier alpha value is -2.72. The molecule has 1 amide bonds. The van der Waals surface area contributed by atoms with Gasteiger partial charge in [-0.15, -0.1) is 0 Å². The molecular weight excluding hydrogens is 346 g/mol. The van der Waals surface area contributed by atoms with E-state index in [4.69, 9.17) is 5.26 Å². The minimum Gasteiger partial charge on any atom is -0.321 e. The van der Waals surface area contributed by atoms with Gasteiger partial charge in [-0.3, -0.25) is 4.79 Å². The van der Waals surface area contributed by atoms with Gasteiger partial charge in [0, 0.05) is 12.3 Å². The lowest BCUT2D eigenvalue weighted by atomic mass is 10.2. The number of hydrogen-bond acceptors (Lipinski definition) is 4. The number of hydrogen-bond donors (Lipinski definition) is 1. The van der Waals surface area contributed by atoms with Gasteiger partial charge in [0.05, 0.1) is 33.2 Å². The number of halogens is 1. The maximum atomic E-state index is 12.5. The summed E-state index contributed by atoms with van der Waals surface area (Å²) in [6.45, 7) is 1.80. The number of aromatic nitrogens is 3. The van der Waals surface area contributed by atoms with Crippen LogP contribution in [0.25, 0.3) is 5.65 Å². The summed E-state index contributed by atoms with van der Waals surface area (Å²) in [7, 11) is 0. The highest BCUT2D eigenvalue weighted by Crippen LogP contribution is 2.26. The second kappa shape index (κ2) is 5.58. The second-order valence-electron chi connectivity index (χ2n) is 4.59. The number of rotatable bonds is 2. The third kappa shape index (κ3) is 2.34. The van der Waals surface area contributed by atoms with Crippen LogP contribution in [-0.4, -0.2) is 20.5 Å². The molecule has 6 nitrogen and oxygen atoms in total. The quantitative estimate of drug-likeness (QED) is 0.765. The Bertz CT molecular complexity index is 925. The average molecular weight is 356 g/mol. The van der Waals surface area contributed by atoms with Crippen molar-refractivity contribution in [2.24, 2.45) is 0 Å². The highest BCUT2D eigenvalue weighted by atomic mass is 79.9. The molecule has 2 aromatic heterocycles. The molecule has 0 saturated heterocycles. The number of benzene rings is 1. The lowest BCUT2D eigenvalue weighted by Crippen LogP contribution is -2.16. The molecule has 0 aliphatic rings. The average Bonchev–Trinajstić information content (AvgIpc) is 2.99. The number of nitrogens with one attached hydrogen (secondary N) is 1. The summed E-state index contributed by atoms with van der Waals surface area (Å²) in [5.41, 5.74) is 2.78. The molecule has 1 aromatic carbocycles. The molecule has 3 rings (SSSR count). The molecule has 0 fully saturated rings. The largest absolute Gasteiger partial charge is 0.321 e. The van der Waals surface area contributed by atoms with Crippen LogP contribution in [-0.2, 0) is 0 Å². The molecule has 0 aliphatic carbocycles. The number of amides is 1. The van der Waals surface area contributed by atoms with E-state index in [-0.39, 0.29) is 5.91 Å². The van der Waals surface area contributed by atoms with Crippen LogP contribution in [0.5, 0.6) is 0 Å². The monoisotopic (exact) mass is 355 g/mol. The molecule has 2 heterocycles. The van der Waals surface area contributed by atoms with Crippen molar-refractivity contribution in [1.29, 1.82) is 5.26 Å². The van der Waals surface area contributed by atoms with Crippen LogP contribution < -0.4 is 5.32 Å². The first kappa shape index (κ1) is 14.2. The predicted octanol–water partition coefficient (Wildman–Crippen LogP) is 2.92. The van der Waals surface area contributed by atoms with Gasteiger partial charge in [0.1, 0.15) is 6.07 Å². The molecule has 0 radical (unpaired) electrons. The fraction of sp³-hybridized carbons (Fsp3) is 0.0667. The Morgan fingerprint density at radius 3 is 3.00 bits per heavy atom. The van der Waals surface area contributed by atoms with Crippen molar-refractivity contribution in [1.82, 2.24) is 14.6 Å². The van der Waals surface area contributed by atoms with Gasteiger partial charge in [-0.2, -0.15) is 10.4 Å². The highest BCUT2D eigenvalue weighted by Gasteiger charge is 2.15. The zero-order valence-corrected chi connectivity index (χ0v) is 13.1. The number of carbonyl (C=O) groups is 1. The molecule has 0 spiro atoms. The standard InChI is InChI=1S/C15H10BrN5O/c1-9-11(8-18-13-5-6-19-21(9)13)15(22)20-12-4-2-3-10(7-17)14(12)16/h2-6,8H,1H3,(H,20,22). The van der Waals surface area contributed by atoms with Gasteiger partial charge in [-0.1, -0.05) is 6.07 Å². The van der Waals surface area contributed by atoms with E-state index < -0.39 is 0 Å². The number of fused-ring (bicyclic) bond motifs is 1. The molecule has 0 saturated carbocycles. The Labute approximate surface area is 134 Å². The van der Waals surface area contributed by atoms with Crippen molar-refractivity contribution in [2.45, 2.75) is 6.92 Å². The van der Waals surface area contributed by atoms with Gasteiger partial charge in [0.25, 0.3) is 5.91 Å². The molecular formula is C15H10BrN5O. The number of anilines is 1. The minimum absolute atomic E-state index is 0.307. The van der Waals surface area contributed by atoms with E-state index in [9.17, 15) is 4.79 Å². The topological polar surface area (TPSA) is 83.1 Å². The molecule has 0 atom stereocenters. The second-order valence-corrected chi connectivity index (χ2v) is 5.38. The lowest BCUT2D eigenvalue weighted by Gasteiger charge is -2.10.